The average Bonchev–Trinajstić information content (AvgIpc) is 2.35. The van der Waals surface area contributed by atoms with Gasteiger partial charge in [-0.2, -0.15) is 0 Å². The van der Waals surface area contributed by atoms with E-state index in [2.05, 4.69) is 5.32 Å². The van der Waals surface area contributed by atoms with E-state index in [0.29, 0.717) is 5.75 Å². The van der Waals surface area contributed by atoms with Crippen LogP contribution in [0.5, 0.6) is 5.75 Å². The molecule has 1 amide bonds. The van der Waals surface area contributed by atoms with Gasteiger partial charge in [-0.1, -0.05) is 6.07 Å². The minimum absolute atomic E-state index is 0.00779. The molecule has 20 heavy (non-hydrogen) atoms. The molecule has 0 saturated carbocycles. The Morgan fingerprint density at radius 2 is 2.20 bits per heavy atom. The van der Waals surface area contributed by atoms with Crippen molar-refractivity contribution in [3.63, 3.8) is 0 Å². The highest BCUT2D eigenvalue weighted by Crippen LogP contribution is 2.32. The number of carbonyl (C=O) groups is 1. The van der Waals surface area contributed by atoms with E-state index in [-0.39, 0.29) is 18.1 Å². The van der Waals surface area contributed by atoms with Crippen molar-refractivity contribution < 1.29 is 14.6 Å². The summed E-state index contributed by atoms with van der Waals surface area (Å²) in [5.41, 5.74) is 1.85. The van der Waals surface area contributed by atoms with Gasteiger partial charge in [-0.25, -0.2) is 0 Å². The van der Waals surface area contributed by atoms with Gasteiger partial charge in [-0.15, -0.1) is 0 Å². The molecule has 0 saturated heterocycles. The second kappa shape index (κ2) is 5.83. The minimum atomic E-state index is -0.411. The van der Waals surface area contributed by atoms with Crippen LogP contribution >= 0.6 is 0 Å². The summed E-state index contributed by atoms with van der Waals surface area (Å²) in [4.78, 5) is 11.7. The van der Waals surface area contributed by atoms with E-state index in [9.17, 15) is 9.90 Å². The van der Waals surface area contributed by atoms with Crippen molar-refractivity contribution in [2.24, 2.45) is 0 Å². The number of hydrogen-bond donors (Lipinski definition) is 2. The zero-order valence-corrected chi connectivity index (χ0v) is 12.4. The first-order valence-electron chi connectivity index (χ1n) is 7.10. The molecule has 4 heteroatoms. The molecule has 0 aromatic heterocycles. The van der Waals surface area contributed by atoms with Crippen LogP contribution in [0.1, 0.15) is 50.8 Å². The van der Waals surface area contributed by atoms with Gasteiger partial charge in [-0.05, 0) is 63.3 Å². The molecule has 1 aromatic carbocycles. The Morgan fingerprint density at radius 3 is 2.90 bits per heavy atom. The summed E-state index contributed by atoms with van der Waals surface area (Å²) in [7, 11) is 0. The van der Waals surface area contributed by atoms with Gasteiger partial charge in [0.1, 0.15) is 5.75 Å². The maximum atomic E-state index is 11.7. The highest BCUT2D eigenvalue weighted by atomic mass is 16.5. The van der Waals surface area contributed by atoms with Crippen LogP contribution in [0.15, 0.2) is 18.2 Å². The van der Waals surface area contributed by atoms with Crippen LogP contribution in [0.3, 0.4) is 0 Å². The molecule has 0 bridgehead atoms. The fourth-order valence-electron chi connectivity index (χ4n) is 2.45. The van der Waals surface area contributed by atoms with Crippen LogP contribution in [0, 0.1) is 0 Å². The number of nitrogens with one attached hydrogen (secondary N) is 1. The van der Waals surface area contributed by atoms with E-state index in [4.69, 9.17) is 4.74 Å². The second-order valence-corrected chi connectivity index (χ2v) is 6.36. The summed E-state index contributed by atoms with van der Waals surface area (Å²) in [6.07, 6.45) is 2.39. The van der Waals surface area contributed by atoms with Crippen molar-refractivity contribution in [3.05, 3.63) is 29.3 Å². The summed E-state index contributed by atoms with van der Waals surface area (Å²) >= 11 is 0. The predicted octanol–water partition coefficient (Wildman–Crippen LogP) is 2.35. The molecule has 1 unspecified atom stereocenters. The zero-order chi connectivity index (χ0) is 14.8. The topological polar surface area (TPSA) is 58.6 Å². The first-order valence-corrected chi connectivity index (χ1v) is 7.10. The number of aliphatic hydroxyl groups excluding tert-OH is 1. The van der Waals surface area contributed by atoms with Crippen LogP contribution in [0.4, 0.5) is 0 Å². The Balaban J connectivity index is 1.97. The summed E-state index contributed by atoms with van der Waals surface area (Å²) in [5, 5.41) is 12.8. The van der Waals surface area contributed by atoms with Gasteiger partial charge in [-0.3, -0.25) is 4.79 Å². The third-order valence-electron chi connectivity index (χ3n) is 3.28. The lowest BCUT2D eigenvalue weighted by molar-refractivity contribution is -0.124. The number of hydrogen-bond acceptors (Lipinski definition) is 3. The van der Waals surface area contributed by atoms with Gasteiger partial charge in [0.05, 0.1) is 6.10 Å². The van der Waals surface area contributed by atoms with Crippen LogP contribution in [0.2, 0.25) is 0 Å². The van der Waals surface area contributed by atoms with Crippen molar-refractivity contribution in [1.82, 2.24) is 5.32 Å². The lowest BCUT2D eigenvalue weighted by Crippen LogP contribution is -2.43. The smallest absolute Gasteiger partial charge is 0.258 e. The lowest BCUT2D eigenvalue weighted by Gasteiger charge is -2.22. The Bertz CT molecular complexity index is 491. The molecule has 2 N–H and O–H groups in total. The Hall–Kier alpha value is -1.55. The Morgan fingerprint density at radius 1 is 1.45 bits per heavy atom. The van der Waals surface area contributed by atoms with E-state index in [1.165, 1.54) is 5.56 Å². The summed E-state index contributed by atoms with van der Waals surface area (Å²) in [6.45, 7) is 5.78. The number of amides is 1. The maximum Gasteiger partial charge on any atom is 0.258 e. The summed E-state index contributed by atoms with van der Waals surface area (Å²) in [6, 6.07) is 5.69. The molecule has 1 aromatic rings. The SMILES string of the molecule is CC(C)(C)NC(=O)COc1ccc2c(c1)C(O)CCC2. The van der Waals surface area contributed by atoms with Crippen molar-refractivity contribution in [1.29, 1.82) is 0 Å². The molecule has 0 spiro atoms. The van der Waals surface area contributed by atoms with Crippen molar-refractivity contribution in [2.45, 2.75) is 51.7 Å². The highest BCUT2D eigenvalue weighted by molar-refractivity contribution is 5.78. The molecule has 1 aliphatic carbocycles. The molecule has 0 radical (unpaired) electrons. The number of aliphatic hydroxyl groups is 1. The molecule has 1 aliphatic rings. The van der Waals surface area contributed by atoms with Crippen molar-refractivity contribution in [2.75, 3.05) is 6.61 Å². The number of fused-ring (bicyclic) bond motifs is 1. The molecule has 0 aliphatic heterocycles. The van der Waals surface area contributed by atoms with Crippen LogP contribution in [-0.2, 0) is 11.2 Å². The fraction of sp³-hybridized carbons (Fsp3) is 0.562. The Kier molecular flexibility index (Phi) is 4.33. The first-order chi connectivity index (χ1) is 9.35. The quantitative estimate of drug-likeness (QED) is 0.891. The fourth-order valence-corrected chi connectivity index (χ4v) is 2.45. The first kappa shape index (κ1) is 14.9. The molecule has 0 heterocycles. The predicted molar refractivity (Wildman–Crippen MR) is 77.7 cm³/mol. The van der Waals surface area contributed by atoms with Gasteiger partial charge in [0, 0.05) is 5.54 Å². The third kappa shape index (κ3) is 3.97. The molecule has 110 valence electrons. The Labute approximate surface area is 120 Å². The molecule has 0 fully saturated rings. The number of benzene rings is 1. The normalized spacial score (nSPS) is 18.3. The zero-order valence-electron chi connectivity index (χ0n) is 12.4. The number of rotatable bonds is 3. The van der Waals surface area contributed by atoms with E-state index < -0.39 is 6.10 Å². The number of carbonyl (C=O) groups excluding carboxylic acids is 1. The molecule has 4 nitrogen and oxygen atoms in total. The third-order valence-corrected chi connectivity index (χ3v) is 3.28. The van der Waals surface area contributed by atoms with Crippen LogP contribution in [-0.4, -0.2) is 23.2 Å². The number of ether oxygens (including phenoxy) is 1. The van der Waals surface area contributed by atoms with Crippen LogP contribution < -0.4 is 10.1 Å². The van der Waals surface area contributed by atoms with E-state index in [1.807, 2.05) is 39.0 Å². The monoisotopic (exact) mass is 277 g/mol. The van der Waals surface area contributed by atoms with E-state index in [1.54, 1.807) is 0 Å². The van der Waals surface area contributed by atoms with Gasteiger partial charge in [0.2, 0.25) is 0 Å². The second-order valence-electron chi connectivity index (χ2n) is 6.36. The average molecular weight is 277 g/mol. The van der Waals surface area contributed by atoms with Gasteiger partial charge >= 0.3 is 0 Å². The standard InChI is InChI=1S/C16H23NO3/c1-16(2,3)17-15(19)10-20-12-8-7-11-5-4-6-14(18)13(11)9-12/h7-9,14,18H,4-6,10H2,1-3H3,(H,17,19). The van der Waals surface area contributed by atoms with Crippen molar-refractivity contribution in [3.8, 4) is 5.75 Å². The van der Waals surface area contributed by atoms with Gasteiger partial charge in [0.25, 0.3) is 5.91 Å². The van der Waals surface area contributed by atoms with Crippen LogP contribution in [0.25, 0.3) is 0 Å². The van der Waals surface area contributed by atoms with Crippen molar-refractivity contribution >= 4 is 5.91 Å². The van der Waals surface area contributed by atoms with Gasteiger partial charge < -0.3 is 15.2 Å². The minimum Gasteiger partial charge on any atom is -0.484 e. The summed E-state index contributed by atoms with van der Waals surface area (Å²) < 4.78 is 5.50. The van der Waals surface area contributed by atoms with Gasteiger partial charge in [0.15, 0.2) is 6.61 Å². The molecular weight excluding hydrogens is 254 g/mol. The molecule has 1 atom stereocenters. The molecular formula is C16H23NO3. The maximum absolute atomic E-state index is 11.7. The summed E-state index contributed by atoms with van der Waals surface area (Å²) in [5.74, 6) is 0.490. The largest absolute Gasteiger partial charge is 0.484 e. The number of aryl methyl sites for hydroxylation is 1. The molecule has 2 rings (SSSR count). The van der Waals surface area contributed by atoms with E-state index >= 15 is 0 Å². The lowest BCUT2D eigenvalue weighted by atomic mass is 9.89. The highest BCUT2D eigenvalue weighted by Gasteiger charge is 2.19. The van der Waals surface area contributed by atoms with E-state index in [0.717, 1.165) is 24.8 Å².